The summed E-state index contributed by atoms with van der Waals surface area (Å²) in [6.45, 7) is 3.88. The Hall–Kier alpha value is -2.56. The number of carbonyl (C=O) groups is 1. The second kappa shape index (κ2) is 5.61. The number of rotatable bonds is 3. The van der Waals surface area contributed by atoms with Crippen molar-refractivity contribution in [3.8, 4) is 5.75 Å². The smallest absolute Gasteiger partial charge is 0.253 e. The van der Waals surface area contributed by atoms with Crippen LogP contribution in [0.1, 0.15) is 27.3 Å². The molecule has 1 aromatic carbocycles. The maximum atomic E-state index is 12.1. The molecule has 0 aliphatic carbocycles. The van der Waals surface area contributed by atoms with Crippen molar-refractivity contribution in [3.63, 3.8) is 0 Å². The molecule has 0 fully saturated rings. The average molecular weight is 271 g/mol. The van der Waals surface area contributed by atoms with Crippen LogP contribution in [0.2, 0.25) is 0 Å². The predicted octanol–water partition coefficient (Wildman–Crippen LogP) is 1.92. The van der Waals surface area contributed by atoms with Crippen LogP contribution in [-0.4, -0.2) is 16.0 Å². The third-order valence-corrected chi connectivity index (χ3v) is 3.01. The summed E-state index contributed by atoms with van der Waals surface area (Å²) in [7, 11) is 0. The first-order valence-corrected chi connectivity index (χ1v) is 6.27. The lowest BCUT2D eigenvalue weighted by Crippen LogP contribution is -2.24. The lowest BCUT2D eigenvalue weighted by molar-refractivity contribution is 0.0949. The van der Waals surface area contributed by atoms with E-state index in [1.165, 1.54) is 6.07 Å². The van der Waals surface area contributed by atoms with E-state index in [0.717, 1.165) is 5.69 Å². The molecule has 0 atom stereocenters. The molecule has 5 nitrogen and oxygen atoms in total. The molecule has 1 amide bonds. The lowest BCUT2D eigenvalue weighted by Gasteiger charge is -2.09. The number of pyridine rings is 1. The number of anilines is 1. The SMILES string of the molecule is Cc1ccc(C(=O)NCc2cc(N)ccc2O)c(C)n1. The number of phenolic OH excluding ortho intramolecular Hbond substituents is 1. The zero-order chi connectivity index (χ0) is 14.7. The summed E-state index contributed by atoms with van der Waals surface area (Å²) in [6.07, 6.45) is 0. The molecular formula is C15H17N3O2. The highest BCUT2D eigenvalue weighted by atomic mass is 16.3. The molecule has 1 heterocycles. The number of nitrogens with one attached hydrogen (secondary N) is 1. The van der Waals surface area contributed by atoms with Gasteiger partial charge in [-0.15, -0.1) is 0 Å². The van der Waals surface area contributed by atoms with Crippen molar-refractivity contribution < 1.29 is 9.90 Å². The molecule has 0 aliphatic heterocycles. The number of phenols is 1. The van der Waals surface area contributed by atoms with Gasteiger partial charge in [0, 0.05) is 23.5 Å². The number of aromatic nitrogens is 1. The van der Waals surface area contributed by atoms with Crippen LogP contribution in [0.3, 0.4) is 0 Å². The first-order valence-electron chi connectivity index (χ1n) is 6.27. The van der Waals surface area contributed by atoms with Crippen LogP contribution < -0.4 is 11.1 Å². The molecule has 4 N–H and O–H groups in total. The van der Waals surface area contributed by atoms with Crippen molar-refractivity contribution in [3.05, 3.63) is 52.8 Å². The number of nitrogen functional groups attached to an aromatic ring is 1. The zero-order valence-electron chi connectivity index (χ0n) is 11.5. The predicted molar refractivity (Wildman–Crippen MR) is 77.4 cm³/mol. The van der Waals surface area contributed by atoms with Gasteiger partial charge in [-0.3, -0.25) is 9.78 Å². The fourth-order valence-electron chi connectivity index (χ4n) is 1.94. The molecule has 0 unspecified atom stereocenters. The zero-order valence-corrected chi connectivity index (χ0v) is 11.5. The summed E-state index contributed by atoms with van der Waals surface area (Å²) < 4.78 is 0. The molecule has 0 spiro atoms. The Bertz CT molecular complexity index is 654. The fourth-order valence-corrected chi connectivity index (χ4v) is 1.94. The van der Waals surface area contributed by atoms with Crippen LogP contribution in [-0.2, 0) is 6.54 Å². The molecule has 2 rings (SSSR count). The van der Waals surface area contributed by atoms with Crippen molar-refractivity contribution >= 4 is 11.6 Å². The number of nitrogens with two attached hydrogens (primary N) is 1. The fraction of sp³-hybridized carbons (Fsp3) is 0.200. The molecule has 0 bridgehead atoms. The number of hydrogen-bond donors (Lipinski definition) is 3. The highest BCUT2D eigenvalue weighted by Gasteiger charge is 2.10. The molecule has 2 aromatic rings. The van der Waals surface area contributed by atoms with Crippen LogP contribution in [0.15, 0.2) is 30.3 Å². The lowest BCUT2D eigenvalue weighted by atomic mass is 10.1. The quantitative estimate of drug-likeness (QED) is 0.588. The Morgan fingerprint density at radius 2 is 2.05 bits per heavy atom. The van der Waals surface area contributed by atoms with Gasteiger partial charge in [-0.25, -0.2) is 0 Å². The summed E-state index contributed by atoms with van der Waals surface area (Å²) in [5.41, 5.74) is 8.85. The van der Waals surface area contributed by atoms with Gasteiger partial charge >= 0.3 is 0 Å². The summed E-state index contributed by atoms with van der Waals surface area (Å²) in [5.74, 6) is -0.116. The third kappa shape index (κ3) is 3.06. The van der Waals surface area contributed by atoms with Crippen molar-refractivity contribution in [2.24, 2.45) is 0 Å². The molecule has 0 aliphatic rings. The molecule has 104 valence electrons. The first kappa shape index (κ1) is 13.9. The number of benzene rings is 1. The maximum absolute atomic E-state index is 12.1. The van der Waals surface area contributed by atoms with Gasteiger partial charge in [0.25, 0.3) is 5.91 Å². The van der Waals surface area contributed by atoms with Gasteiger partial charge in [-0.2, -0.15) is 0 Å². The second-order valence-electron chi connectivity index (χ2n) is 4.66. The monoisotopic (exact) mass is 271 g/mol. The Labute approximate surface area is 117 Å². The normalized spacial score (nSPS) is 10.3. The van der Waals surface area contributed by atoms with E-state index >= 15 is 0 Å². The summed E-state index contributed by atoms with van der Waals surface area (Å²) in [4.78, 5) is 16.3. The first-order chi connectivity index (χ1) is 9.47. The van der Waals surface area contributed by atoms with Crippen molar-refractivity contribution in [1.29, 1.82) is 0 Å². The number of aromatic hydroxyl groups is 1. The maximum Gasteiger partial charge on any atom is 0.253 e. The summed E-state index contributed by atoms with van der Waals surface area (Å²) in [6, 6.07) is 8.28. The van der Waals surface area contributed by atoms with E-state index in [4.69, 9.17) is 5.73 Å². The van der Waals surface area contributed by atoms with E-state index in [9.17, 15) is 9.90 Å². The Morgan fingerprint density at radius 3 is 2.75 bits per heavy atom. The third-order valence-electron chi connectivity index (χ3n) is 3.01. The van der Waals surface area contributed by atoms with Crippen LogP contribution in [0.5, 0.6) is 5.75 Å². The minimum Gasteiger partial charge on any atom is -0.508 e. The Balaban J connectivity index is 2.10. The van der Waals surface area contributed by atoms with Crippen LogP contribution in [0.25, 0.3) is 0 Å². The molecule has 1 aromatic heterocycles. The van der Waals surface area contributed by atoms with E-state index < -0.39 is 0 Å². The largest absolute Gasteiger partial charge is 0.508 e. The molecule has 0 saturated carbocycles. The van der Waals surface area contributed by atoms with Crippen molar-refractivity contribution in [2.75, 3.05) is 5.73 Å². The van der Waals surface area contributed by atoms with Crippen LogP contribution in [0.4, 0.5) is 5.69 Å². The highest BCUT2D eigenvalue weighted by molar-refractivity contribution is 5.95. The molecule has 0 saturated heterocycles. The minimum atomic E-state index is -0.225. The van der Waals surface area contributed by atoms with Gasteiger partial charge in [-0.05, 0) is 44.2 Å². The number of carbonyl (C=O) groups excluding carboxylic acids is 1. The highest BCUT2D eigenvalue weighted by Crippen LogP contribution is 2.19. The van der Waals surface area contributed by atoms with E-state index in [-0.39, 0.29) is 18.2 Å². The Morgan fingerprint density at radius 1 is 1.30 bits per heavy atom. The number of amides is 1. The van der Waals surface area contributed by atoms with E-state index in [2.05, 4.69) is 10.3 Å². The van der Waals surface area contributed by atoms with E-state index in [1.807, 2.05) is 6.92 Å². The molecule has 0 radical (unpaired) electrons. The molecule has 5 heteroatoms. The Kier molecular flexibility index (Phi) is 3.89. The van der Waals surface area contributed by atoms with E-state index in [0.29, 0.717) is 22.5 Å². The number of nitrogens with zero attached hydrogens (tertiary/aromatic N) is 1. The molecule has 20 heavy (non-hydrogen) atoms. The van der Waals surface area contributed by atoms with Crippen LogP contribution in [0, 0.1) is 13.8 Å². The molecular weight excluding hydrogens is 254 g/mol. The van der Waals surface area contributed by atoms with Gasteiger partial charge in [-0.1, -0.05) is 0 Å². The van der Waals surface area contributed by atoms with Gasteiger partial charge in [0.2, 0.25) is 0 Å². The van der Waals surface area contributed by atoms with Gasteiger partial charge < -0.3 is 16.2 Å². The standard InChI is InChI=1S/C15H17N3O2/c1-9-3-5-13(10(2)18-9)15(20)17-8-11-7-12(16)4-6-14(11)19/h3-7,19H,8,16H2,1-2H3,(H,17,20). The second-order valence-corrected chi connectivity index (χ2v) is 4.66. The topological polar surface area (TPSA) is 88.2 Å². The number of aryl methyl sites for hydroxylation is 2. The van der Waals surface area contributed by atoms with E-state index in [1.54, 1.807) is 31.2 Å². The van der Waals surface area contributed by atoms with Gasteiger partial charge in [0.05, 0.1) is 11.3 Å². The van der Waals surface area contributed by atoms with Gasteiger partial charge in [0.15, 0.2) is 0 Å². The summed E-state index contributed by atoms with van der Waals surface area (Å²) >= 11 is 0. The van der Waals surface area contributed by atoms with Crippen LogP contribution >= 0.6 is 0 Å². The minimum absolute atomic E-state index is 0.109. The summed E-state index contributed by atoms with van der Waals surface area (Å²) in [5, 5.41) is 12.4. The average Bonchev–Trinajstić information content (AvgIpc) is 2.39. The van der Waals surface area contributed by atoms with Crippen molar-refractivity contribution in [2.45, 2.75) is 20.4 Å². The number of hydrogen-bond acceptors (Lipinski definition) is 4. The van der Waals surface area contributed by atoms with Gasteiger partial charge in [0.1, 0.15) is 5.75 Å². The van der Waals surface area contributed by atoms with Crippen molar-refractivity contribution in [1.82, 2.24) is 10.3 Å².